The van der Waals surface area contributed by atoms with Gasteiger partial charge < -0.3 is 0 Å². The first kappa shape index (κ1) is 23.8. The maximum absolute atomic E-state index is 2.27. The van der Waals surface area contributed by atoms with Crippen molar-refractivity contribution in [1.29, 1.82) is 0 Å². The molecule has 0 nitrogen and oxygen atoms in total. The Kier molecular flexibility index (Phi) is 34.6. The van der Waals surface area contributed by atoms with Gasteiger partial charge in [-0.2, -0.15) is 0 Å². The summed E-state index contributed by atoms with van der Waals surface area (Å²) < 4.78 is 0. The molecule has 0 heterocycles. The van der Waals surface area contributed by atoms with Crippen LogP contribution in [-0.4, -0.2) is 44.3 Å². The van der Waals surface area contributed by atoms with Crippen molar-refractivity contribution in [3.8, 4) is 0 Å². The van der Waals surface area contributed by atoms with Crippen molar-refractivity contribution < 1.29 is 0 Å². The Morgan fingerprint density at radius 1 is 0.385 bits per heavy atom. The standard InChI is InChI=1S/3C3H9Si.AsH3/c3*1-4(2)3;/h3*1-3H3;1H3. The second-order valence-electron chi connectivity index (χ2n) is 4.50. The van der Waals surface area contributed by atoms with E-state index in [0.29, 0.717) is 0 Å². The monoisotopic (exact) mass is 297 g/mol. The molecule has 0 bridgehead atoms. The summed E-state index contributed by atoms with van der Waals surface area (Å²) >= 11 is 0. The molecule has 4 heteroatoms. The van der Waals surface area contributed by atoms with Crippen LogP contribution in [0, 0.1) is 0 Å². The van der Waals surface area contributed by atoms with E-state index < -0.39 is 0 Å². The molecular formula is C9H30AsSi3. The van der Waals surface area contributed by atoms with E-state index in [1.54, 1.807) is 0 Å². The minimum atomic E-state index is 0. The Hall–Kier alpha value is 1.21. The van der Waals surface area contributed by atoms with Gasteiger partial charge in [0.15, 0.2) is 0 Å². The summed E-state index contributed by atoms with van der Waals surface area (Å²) in [7, 11) is 0.361. The molecule has 0 aliphatic heterocycles. The van der Waals surface area contributed by atoms with Crippen LogP contribution < -0.4 is 0 Å². The van der Waals surface area contributed by atoms with Crippen LogP contribution in [0.4, 0.5) is 0 Å². The van der Waals surface area contributed by atoms with Gasteiger partial charge >= 0.3 is 18.0 Å². The van der Waals surface area contributed by atoms with Crippen molar-refractivity contribution in [2.75, 3.05) is 0 Å². The van der Waals surface area contributed by atoms with Crippen LogP contribution in [0.5, 0.6) is 0 Å². The Morgan fingerprint density at radius 2 is 0.385 bits per heavy atom. The number of rotatable bonds is 0. The van der Waals surface area contributed by atoms with Gasteiger partial charge in [0.2, 0.25) is 0 Å². The predicted molar refractivity (Wildman–Crippen MR) is 80.0 cm³/mol. The third-order valence-corrected chi connectivity index (χ3v) is 0. The van der Waals surface area contributed by atoms with Crippen LogP contribution in [0.1, 0.15) is 0 Å². The van der Waals surface area contributed by atoms with Gasteiger partial charge in [-0.15, -0.1) is 0 Å². The van der Waals surface area contributed by atoms with Crippen molar-refractivity contribution in [2.24, 2.45) is 0 Å². The molecule has 0 fully saturated rings. The molecule has 83 valence electrons. The normalized spacial score (nSPS) is 8.31. The van der Waals surface area contributed by atoms with Gasteiger partial charge in [0.1, 0.15) is 0 Å². The predicted octanol–water partition coefficient (Wildman–Crippen LogP) is 2.93. The van der Waals surface area contributed by atoms with E-state index >= 15 is 0 Å². The summed E-state index contributed by atoms with van der Waals surface area (Å²) in [5.74, 6) is 0. The Bertz CT molecular complexity index is 43.4. The van der Waals surface area contributed by atoms with Crippen molar-refractivity contribution in [1.82, 2.24) is 0 Å². The Labute approximate surface area is 103 Å². The molecule has 0 saturated heterocycles. The molecule has 0 aromatic rings. The summed E-state index contributed by atoms with van der Waals surface area (Å²) in [6.07, 6.45) is 0. The van der Waals surface area contributed by atoms with E-state index in [9.17, 15) is 0 Å². The summed E-state index contributed by atoms with van der Waals surface area (Å²) in [4.78, 5) is 0. The van der Waals surface area contributed by atoms with Crippen LogP contribution in [0.3, 0.4) is 0 Å². The molecular weight excluding hydrogens is 267 g/mol. The first-order valence-electron chi connectivity index (χ1n) is 4.50. The van der Waals surface area contributed by atoms with E-state index in [4.69, 9.17) is 0 Å². The van der Waals surface area contributed by atoms with Crippen molar-refractivity contribution >= 4 is 44.3 Å². The van der Waals surface area contributed by atoms with Crippen LogP contribution in [-0.2, 0) is 0 Å². The fraction of sp³-hybridized carbons (Fsp3) is 1.00. The van der Waals surface area contributed by atoms with Crippen LogP contribution in [0.2, 0.25) is 58.9 Å². The average Bonchev–Trinajstić information content (AvgIpc) is 1.54. The molecule has 0 spiro atoms. The van der Waals surface area contributed by atoms with E-state index in [1.165, 1.54) is 0 Å². The van der Waals surface area contributed by atoms with Crippen LogP contribution >= 0.6 is 0 Å². The number of hydrogen-bond acceptors (Lipinski definition) is 0. The summed E-state index contributed by atoms with van der Waals surface area (Å²) in [5.41, 5.74) is 0. The number of hydrogen-bond donors (Lipinski definition) is 0. The molecule has 1 unspecified atom stereocenters. The minimum absolute atomic E-state index is 0. The van der Waals surface area contributed by atoms with E-state index in [1.807, 2.05) is 0 Å². The third-order valence-electron chi connectivity index (χ3n) is 0. The van der Waals surface area contributed by atoms with Crippen molar-refractivity contribution in [3.63, 3.8) is 0 Å². The molecule has 0 aromatic heterocycles. The molecule has 0 aliphatic carbocycles. The van der Waals surface area contributed by atoms with E-state index in [-0.39, 0.29) is 44.3 Å². The molecule has 0 rings (SSSR count). The molecule has 0 aromatic carbocycles. The fourth-order valence-electron chi connectivity index (χ4n) is 0. The Balaban J connectivity index is -0.0000000450. The van der Waals surface area contributed by atoms with Gasteiger partial charge in [-0.25, -0.2) is 0 Å². The average molecular weight is 298 g/mol. The second kappa shape index (κ2) is 18.9. The van der Waals surface area contributed by atoms with Gasteiger partial charge in [0.25, 0.3) is 0 Å². The summed E-state index contributed by atoms with van der Waals surface area (Å²) in [5, 5.41) is 0. The van der Waals surface area contributed by atoms with Crippen molar-refractivity contribution in [3.05, 3.63) is 0 Å². The maximum atomic E-state index is 2.27. The molecule has 13 heavy (non-hydrogen) atoms. The van der Waals surface area contributed by atoms with E-state index in [0.717, 1.165) is 0 Å². The first-order chi connectivity index (χ1) is 5.20. The van der Waals surface area contributed by atoms with Gasteiger partial charge in [0.05, 0.1) is 0 Å². The quantitative estimate of drug-likeness (QED) is 0.603. The zero-order valence-corrected chi connectivity index (χ0v) is 17.2. The molecule has 0 aliphatic rings. The first-order valence-corrected chi connectivity index (χ1v) is 13.5. The Morgan fingerprint density at radius 3 is 0.385 bits per heavy atom. The molecule has 3 radical (unpaired) electrons. The van der Waals surface area contributed by atoms with Crippen LogP contribution in [0.25, 0.3) is 0 Å². The van der Waals surface area contributed by atoms with Gasteiger partial charge in [-0.1, -0.05) is 58.9 Å². The van der Waals surface area contributed by atoms with Crippen molar-refractivity contribution in [2.45, 2.75) is 58.9 Å². The van der Waals surface area contributed by atoms with E-state index in [2.05, 4.69) is 58.9 Å². The van der Waals surface area contributed by atoms with Gasteiger partial charge in [0, 0.05) is 26.4 Å². The third kappa shape index (κ3) is 1140. The SMILES string of the molecule is C[Si](C)C.C[Si](C)C.C[Si](C)C.[AsH3]. The van der Waals surface area contributed by atoms with Gasteiger partial charge in [-0.3, -0.25) is 0 Å². The fourth-order valence-corrected chi connectivity index (χ4v) is 0. The molecule has 0 saturated carbocycles. The zero-order chi connectivity index (χ0) is 10.7. The zero-order valence-electron chi connectivity index (χ0n) is 11.2. The molecule has 0 amide bonds. The topological polar surface area (TPSA) is 0 Å². The molecule has 1 atom stereocenters. The summed E-state index contributed by atoms with van der Waals surface area (Å²) in [6, 6.07) is 0. The van der Waals surface area contributed by atoms with Gasteiger partial charge in [-0.05, 0) is 0 Å². The van der Waals surface area contributed by atoms with Crippen LogP contribution in [0.15, 0.2) is 0 Å². The second-order valence-corrected chi connectivity index (χ2v) is 13.5. The molecule has 0 N–H and O–H groups in total. The summed E-state index contributed by atoms with van der Waals surface area (Å²) in [6.45, 7) is 20.4.